The summed E-state index contributed by atoms with van der Waals surface area (Å²) in [4.78, 5) is 0. The summed E-state index contributed by atoms with van der Waals surface area (Å²) < 4.78 is 39.7. The van der Waals surface area contributed by atoms with Crippen LogP contribution in [0, 0.1) is 11.3 Å². The van der Waals surface area contributed by atoms with E-state index in [9.17, 15) is 13.2 Å². The lowest BCUT2D eigenvalue weighted by atomic mass is 10.2. The average Bonchev–Trinajstić information content (AvgIpc) is 2.08. The fourth-order valence-electron chi connectivity index (χ4n) is 0.866. The molecule has 0 heterocycles. The van der Waals surface area contributed by atoms with Gasteiger partial charge in [-0.3, -0.25) is 0 Å². The first-order valence-corrected chi connectivity index (χ1v) is 4.37. The third kappa shape index (κ3) is 3.02. The second-order valence-electron chi connectivity index (χ2n) is 2.53. The summed E-state index contributed by atoms with van der Waals surface area (Å²) in [5.74, 6) is -0.606. The van der Waals surface area contributed by atoms with Crippen LogP contribution in [0.1, 0.15) is 5.56 Å². The van der Waals surface area contributed by atoms with E-state index < -0.39 is 12.1 Å². The number of anilines is 1. The lowest BCUT2D eigenvalue weighted by Crippen LogP contribution is -2.18. The molecule has 0 bridgehead atoms. The molecule has 0 aromatic heterocycles. The van der Waals surface area contributed by atoms with E-state index in [1.54, 1.807) is 6.07 Å². The van der Waals surface area contributed by atoms with Crippen molar-refractivity contribution in [3.63, 3.8) is 0 Å². The van der Waals surface area contributed by atoms with E-state index in [1.165, 1.54) is 0 Å². The quantitative estimate of drug-likeness (QED) is 0.805. The first-order valence-electron chi connectivity index (χ1n) is 3.58. The molecule has 1 aromatic carbocycles. The van der Waals surface area contributed by atoms with Crippen molar-refractivity contribution < 1.29 is 17.9 Å². The molecule has 0 fully saturated rings. The molecule has 2 N–H and O–H groups in total. The fraction of sp³-hybridized carbons (Fsp3) is 0.125. The monoisotopic (exact) mass is 280 g/mol. The second-order valence-corrected chi connectivity index (χ2v) is 3.38. The molecule has 0 unspecified atom stereocenters. The lowest BCUT2D eigenvalue weighted by molar-refractivity contribution is -0.274. The Hall–Kier alpha value is -1.42. The number of rotatable bonds is 1. The highest BCUT2D eigenvalue weighted by Gasteiger charge is 2.32. The minimum absolute atomic E-state index is 0.0632. The van der Waals surface area contributed by atoms with Crippen molar-refractivity contribution >= 4 is 21.6 Å². The predicted octanol–water partition coefficient (Wildman–Crippen LogP) is 2.80. The van der Waals surface area contributed by atoms with Gasteiger partial charge in [0.15, 0.2) is 0 Å². The van der Waals surface area contributed by atoms with Crippen molar-refractivity contribution in [3.8, 4) is 11.8 Å². The minimum atomic E-state index is -4.84. The molecule has 0 radical (unpaired) electrons. The highest BCUT2D eigenvalue weighted by Crippen LogP contribution is 2.32. The van der Waals surface area contributed by atoms with E-state index in [0.717, 1.165) is 12.1 Å². The number of benzene rings is 1. The molecule has 0 spiro atoms. The maximum Gasteiger partial charge on any atom is 0.573 e. The van der Waals surface area contributed by atoms with Gasteiger partial charge in [-0.25, -0.2) is 0 Å². The standard InChI is InChI=1S/C8H4BrF3N2O/c9-5-1-4(3-13)7(2-6(5)14)15-8(10,11)12/h1-2H,14H2. The molecule has 0 aliphatic heterocycles. The van der Waals surface area contributed by atoms with E-state index in [1.807, 2.05) is 0 Å². The molecule has 1 rings (SSSR count). The zero-order valence-corrected chi connectivity index (χ0v) is 8.69. The molecule has 0 saturated heterocycles. The summed E-state index contributed by atoms with van der Waals surface area (Å²) in [5.41, 5.74) is 5.18. The Morgan fingerprint density at radius 1 is 1.40 bits per heavy atom. The number of halogens is 4. The maximum absolute atomic E-state index is 11.9. The summed E-state index contributed by atoms with van der Waals surface area (Å²) in [6.45, 7) is 0. The van der Waals surface area contributed by atoms with Crippen molar-refractivity contribution in [2.45, 2.75) is 6.36 Å². The van der Waals surface area contributed by atoms with Crippen molar-refractivity contribution in [2.24, 2.45) is 0 Å². The topological polar surface area (TPSA) is 59.0 Å². The largest absolute Gasteiger partial charge is 0.573 e. The molecule has 80 valence electrons. The zero-order chi connectivity index (χ0) is 11.6. The Balaban J connectivity index is 3.18. The van der Waals surface area contributed by atoms with E-state index in [-0.39, 0.29) is 11.3 Å². The van der Waals surface area contributed by atoms with Gasteiger partial charge in [0.25, 0.3) is 0 Å². The molecular formula is C8H4BrF3N2O. The van der Waals surface area contributed by atoms with E-state index in [0.29, 0.717) is 4.47 Å². The van der Waals surface area contributed by atoms with Crippen molar-refractivity contribution in [3.05, 3.63) is 22.2 Å². The zero-order valence-electron chi connectivity index (χ0n) is 7.10. The van der Waals surface area contributed by atoms with Crippen LogP contribution >= 0.6 is 15.9 Å². The summed E-state index contributed by atoms with van der Waals surface area (Å²) in [6, 6.07) is 3.68. The smallest absolute Gasteiger partial charge is 0.404 e. The molecule has 0 amide bonds. The summed E-state index contributed by atoms with van der Waals surface area (Å²) in [7, 11) is 0. The Morgan fingerprint density at radius 3 is 2.47 bits per heavy atom. The molecule has 1 aromatic rings. The summed E-state index contributed by atoms with van der Waals surface area (Å²) in [5, 5.41) is 8.57. The summed E-state index contributed by atoms with van der Waals surface area (Å²) in [6.07, 6.45) is -4.84. The van der Waals surface area contributed by atoms with Crippen LogP contribution in [0.4, 0.5) is 18.9 Å². The molecule has 3 nitrogen and oxygen atoms in total. The van der Waals surface area contributed by atoms with Gasteiger partial charge >= 0.3 is 6.36 Å². The first-order chi connectivity index (χ1) is 6.83. The number of hydrogen-bond acceptors (Lipinski definition) is 3. The van der Waals surface area contributed by atoms with Gasteiger partial charge in [0.05, 0.1) is 5.56 Å². The average molecular weight is 281 g/mol. The Bertz CT molecular complexity index is 425. The number of alkyl halides is 3. The number of nitriles is 1. The van der Waals surface area contributed by atoms with E-state index >= 15 is 0 Å². The van der Waals surface area contributed by atoms with Crippen molar-refractivity contribution in [1.29, 1.82) is 5.26 Å². The first kappa shape index (κ1) is 11.7. The van der Waals surface area contributed by atoms with Gasteiger partial charge in [-0.1, -0.05) is 0 Å². The van der Waals surface area contributed by atoms with Crippen LogP contribution in [0.15, 0.2) is 16.6 Å². The molecule has 0 aliphatic carbocycles. The molecular weight excluding hydrogens is 277 g/mol. The Morgan fingerprint density at radius 2 is 2.00 bits per heavy atom. The highest BCUT2D eigenvalue weighted by atomic mass is 79.9. The minimum Gasteiger partial charge on any atom is -0.404 e. The van der Waals surface area contributed by atoms with Crippen LogP contribution in [0.5, 0.6) is 5.75 Å². The fourth-order valence-corrected chi connectivity index (χ4v) is 1.21. The maximum atomic E-state index is 11.9. The van der Waals surface area contributed by atoms with Crippen LogP contribution in [0.2, 0.25) is 0 Å². The van der Waals surface area contributed by atoms with Crippen LogP contribution in [0.3, 0.4) is 0 Å². The Kier molecular flexibility index (Phi) is 3.09. The molecule has 15 heavy (non-hydrogen) atoms. The van der Waals surface area contributed by atoms with Gasteiger partial charge in [0.2, 0.25) is 0 Å². The van der Waals surface area contributed by atoms with Gasteiger partial charge < -0.3 is 10.5 Å². The van der Waals surface area contributed by atoms with Crippen LogP contribution in [0.25, 0.3) is 0 Å². The third-order valence-electron chi connectivity index (χ3n) is 1.45. The summed E-state index contributed by atoms with van der Waals surface area (Å²) >= 11 is 2.99. The van der Waals surface area contributed by atoms with Gasteiger partial charge in [-0.2, -0.15) is 5.26 Å². The van der Waals surface area contributed by atoms with Crippen LogP contribution in [-0.4, -0.2) is 6.36 Å². The number of hydrogen-bond donors (Lipinski definition) is 1. The highest BCUT2D eigenvalue weighted by molar-refractivity contribution is 9.10. The Labute approximate surface area is 91.4 Å². The van der Waals surface area contributed by atoms with Crippen molar-refractivity contribution in [1.82, 2.24) is 0 Å². The number of ether oxygens (including phenoxy) is 1. The molecule has 0 atom stereocenters. The van der Waals surface area contributed by atoms with Crippen LogP contribution < -0.4 is 10.5 Å². The van der Waals surface area contributed by atoms with E-state index in [2.05, 4.69) is 20.7 Å². The van der Waals surface area contributed by atoms with Gasteiger partial charge in [0, 0.05) is 16.2 Å². The molecule has 0 saturated carbocycles. The van der Waals surface area contributed by atoms with Gasteiger partial charge in [0.1, 0.15) is 11.8 Å². The predicted molar refractivity (Wildman–Crippen MR) is 50.0 cm³/mol. The van der Waals surface area contributed by atoms with Gasteiger partial charge in [-0.05, 0) is 22.0 Å². The number of nitrogen functional groups attached to an aromatic ring is 1. The third-order valence-corrected chi connectivity index (χ3v) is 2.13. The molecule has 0 aliphatic rings. The van der Waals surface area contributed by atoms with Crippen LogP contribution in [-0.2, 0) is 0 Å². The van der Waals surface area contributed by atoms with Gasteiger partial charge in [-0.15, -0.1) is 13.2 Å². The van der Waals surface area contributed by atoms with E-state index in [4.69, 9.17) is 11.0 Å². The molecule has 7 heteroatoms. The number of nitrogens with two attached hydrogens (primary N) is 1. The lowest BCUT2D eigenvalue weighted by Gasteiger charge is -2.11. The number of nitrogens with zero attached hydrogens (tertiary/aromatic N) is 1. The van der Waals surface area contributed by atoms with Crippen molar-refractivity contribution in [2.75, 3.05) is 5.73 Å². The SMILES string of the molecule is N#Cc1cc(Br)c(N)cc1OC(F)(F)F. The normalized spacial score (nSPS) is 10.9. The second kappa shape index (κ2) is 3.98.